The summed E-state index contributed by atoms with van der Waals surface area (Å²) in [6.45, 7) is 9.24. The molecule has 0 amide bonds. The highest BCUT2D eigenvalue weighted by atomic mass is 16.5. The Bertz CT molecular complexity index is 673. The summed E-state index contributed by atoms with van der Waals surface area (Å²) in [4.78, 5) is 2.39. The number of rotatable bonds is 11. The van der Waals surface area contributed by atoms with E-state index in [1.165, 1.54) is 5.56 Å². The van der Waals surface area contributed by atoms with Crippen molar-refractivity contribution in [2.75, 3.05) is 32.9 Å². The Morgan fingerprint density at radius 2 is 1.74 bits per heavy atom. The first-order valence-corrected chi connectivity index (χ1v) is 9.80. The Hall–Kier alpha value is -1.88. The Kier molecular flexibility index (Phi) is 8.79. The van der Waals surface area contributed by atoms with Gasteiger partial charge < -0.3 is 14.9 Å². The first kappa shape index (κ1) is 21.4. The van der Waals surface area contributed by atoms with Crippen LogP contribution in [0.3, 0.4) is 0 Å². The van der Waals surface area contributed by atoms with Crippen molar-refractivity contribution in [1.29, 1.82) is 0 Å². The quantitative estimate of drug-likeness (QED) is 0.588. The molecule has 0 aliphatic rings. The smallest absolute Gasteiger partial charge is 0.119 e. The molecule has 0 spiro atoms. The van der Waals surface area contributed by atoms with Crippen molar-refractivity contribution in [2.45, 2.75) is 39.2 Å². The van der Waals surface area contributed by atoms with E-state index in [2.05, 4.69) is 56.0 Å². The molecule has 0 aliphatic heterocycles. The maximum atomic E-state index is 10.5. The summed E-state index contributed by atoms with van der Waals surface area (Å²) in [5.41, 5.74) is 3.36. The molecule has 27 heavy (non-hydrogen) atoms. The largest absolute Gasteiger partial charge is 0.508 e. The second-order valence-electron chi connectivity index (χ2n) is 7.28. The molecule has 2 N–H and O–H groups in total. The van der Waals surface area contributed by atoms with Crippen LogP contribution in [0, 0.1) is 6.92 Å². The minimum Gasteiger partial charge on any atom is -0.508 e. The highest BCUT2D eigenvalue weighted by Gasteiger charge is 2.20. The maximum absolute atomic E-state index is 10.5. The number of phenols is 1. The lowest BCUT2D eigenvalue weighted by Gasteiger charge is -2.29. The fourth-order valence-electron chi connectivity index (χ4n) is 3.41. The standard InChI is InChI=1S/C23H33NO3/c1-18(2)24(13-15-27-16-14-25)12-11-21(20-7-5-4-6-8-20)22-17-19(3)9-10-23(22)26/h4-10,17-18,21,25-26H,11-16H2,1-3H3. The van der Waals surface area contributed by atoms with Gasteiger partial charge >= 0.3 is 0 Å². The van der Waals surface area contributed by atoms with Crippen molar-refractivity contribution in [3.05, 3.63) is 65.2 Å². The molecule has 148 valence electrons. The number of aliphatic hydroxyl groups is 1. The molecule has 2 aromatic rings. The summed E-state index contributed by atoms with van der Waals surface area (Å²) < 4.78 is 5.44. The summed E-state index contributed by atoms with van der Waals surface area (Å²) in [5, 5.41) is 19.3. The second kappa shape index (κ2) is 11.1. The van der Waals surface area contributed by atoms with Crippen LogP contribution < -0.4 is 0 Å². The van der Waals surface area contributed by atoms with Gasteiger partial charge in [0, 0.05) is 24.1 Å². The van der Waals surface area contributed by atoms with Gasteiger partial charge in [0.2, 0.25) is 0 Å². The van der Waals surface area contributed by atoms with Crippen molar-refractivity contribution < 1.29 is 14.9 Å². The number of aromatic hydroxyl groups is 1. The van der Waals surface area contributed by atoms with Crippen LogP contribution in [0.1, 0.15) is 42.9 Å². The summed E-state index contributed by atoms with van der Waals surface area (Å²) >= 11 is 0. The molecule has 0 fully saturated rings. The van der Waals surface area contributed by atoms with E-state index in [0.29, 0.717) is 25.0 Å². The van der Waals surface area contributed by atoms with Crippen LogP contribution >= 0.6 is 0 Å². The lowest BCUT2D eigenvalue weighted by Crippen LogP contribution is -2.35. The van der Waals surface area contributed by atoms with Gasteiger partial charge in [-0.1, -0.05) is 48.0 Å². The predicted octanol–water partition coefficient (Wildman–Crippen LogP) is 3.94. The number of hydrogen-bond donors (Lipinski definition) is 2. The Morgan fingerprint density at radius 1 is 1.00 bits per heavy atom. The molecule has 0 radical (unpaired) electrons. The minimum absolute atomic E-state index is 0.0599. The van der Waals surface area contributed by atoms with E-state index < -0.39 is 0 Å². The number of aryl methyl sites for hydroxylation is 1. The third-order valence-corrected chi connectivity index (χ3v) is 4.95. The molecule has 1 atom stereocenters. The van der Waals surface area contributed by atoms with Crippen molar-refractivity contribution in [3.63, 3.8) is 0 Å². The highest BCUT2D eigenvalue weighted by molar-refractivity contribution is 5.43. The second-order valence-corrected chi connectivity index (χ2v) is 7.28. The lowest BCUT2D eigenvalue weighted by molar-refractivity contribution is 0.0662. The van der Waals surface area contributed by atoms with E-state index >= 15 is 0 Å². The van der Waals surface area contributed by atoms with E-state index in [1.54, 1.807) is 6.07 Å². The van der Waals surface area contributed by atoms with Crippen molar-refractivity contribution in [1.82, 2.24) is 4.90 Å². The minimum atomic E-state index is 0.0599. The molecule has 0 heterocycles. The van der Waals surface area contributed by atoms with Crippen LogP contribution in [-0.2, 0) is 4.74 Å². The molecule has 1 unspecified atom stereocenters. The van der Waals surface area contributed by atoms with Crippen LogP contribution in [0.4, 0.5) is 0 Å². The van der Waals surface area contributed by atoms with Crippen molar-refractivity contribution in [3.8, 4) is 5.75 Å². The Morgan fingerprint density at radius 3 is 2.41 bits per heavy atom. The van der Waals surface area contributed by atoms with Gasteiger partial charge in [-0.2, -0.15) is 0 Å². The third kappa shape index (κ3) is 6.65. The van der Waals surface area contributed by atoms with Gasteiger partial charge in [-0.15, -0.1) is 0 Å². The fraction of sp³-hybridized carbons (Fsp3) is 0.478. The average molecular weight is 372 g/mol. The monoisotopic (exact) mass is 371 g/mol. The summed E-state index contributed by atoms with van der Waals surface area (Å²) in [5.74, 6) is 0.502. The number of nitrogens with zero attached hydrogens (tertiary/aromatic N) is 1. The molecule has 0 aliphatic carbocycles. The van der Waals surface area contributed by atoms with Crippen molar-refractivity contribution >= 4 is 0 Å². The van der Waals surface area contributed by atoms with Crippen LogP contribution in [0.2, 0.25) is 0 Å². The average Bonchev–Trinajstić information content (AvgIpc) is 2.66. The van der Waals surface area contributed by atoms with E-state index in [1.807, 2.05) is 12.1 Å². The van der Waals surface area contributed by atoms with Crippen LogP contribution in [0.25, 0.3) is 0 Å². The maximum Gasteiger partial charge on any atom is 0.119 e. The first-order valence-electron chi connectivity index (χ1n) is 9.80. The Labute approximate surface area is 163 Å². The van der Waals surface area contributed by atoms with Gasteiger partial charge in [0.15, 0.2) is 0 Å². The van der Waals surface area contributed by atoms with Gasteiger partial charge in [0.25, 0.3) is 0 Å². The number of phenolic OH excluding ortho intramolecular Hbond substituents is 1. The number of ether oxygens (including phenoxy) is 1. The predicted molar refractivity (Wildman–Crippen MR) is 110 cm³/mol. The van der Waals surface area contributed by atoms with Gasteiger partial charge in [-0.05, 0) is 45.4 Å². The molecule has 0 aromatic heterocycles. The van der Waals surface area contributed by atoms with Crippen molar-refractivity contribution in [2.24, 2.45) is 0 Å². The molecule has 0 saturated carbocycles. The molecule has 0 saturated heterocycles. The SMILES string of the molecule is Cc1ccc(O)c(C(CCN(CCOCCO)C(C)C)c2ccccc2)c1. The van der Waals surface area contributed by atoms with E-state index in [9.17, 15) is 5.11 Å². The highest BCUT2D eigenvalue weighted by Crippen LogP contribution is 2.34. The lowest BCUT2D eigenvalue weighted by atomic mass is 9.87. The number of hydrogen-bond acceptors (Lipinski definition) is 4. The van der Waals surface area contributed by atoms with Gasteiger partial charge in [0.05, 0.1) is 19.8 Å². The van der Waals surface area contributed by atoms with E-state index in [0.717, 1.165) is 30.6 Å². The first-order chi connectivity index (χ1) is 13.0. The van der Waals surface area contributed by atoms with Crippen LogP contribution in [0.15, 0.2) is 48.5 Å². The van der Waals surface area contributed by atoms with Gasteiger partial charge in [0.1, 0.15) is 5.75 Å². The van der Waals surface area contributed by atoms with E-state index in [4.69, 9.17) is 9.84 Å². The zero-order chi connectivity index (χ0) is 19.6. The topological polar surface area (TPSA) is 52.9 Å². The molecule has 4 heteroatoms. The van der Waals surface area contributed by atoms with Crippen LogP contribution in [0.5, 0.6) is 5.75 Å². The zero-order valence-corrected chi connectivity index (χ0v) is 16.8. The fourth-order valence-corrected chi connectivity index (χ4v) is 3.41. The van der Waals surface area contributed by atoms with Crippen LogP contribution in [-0.4, -0.2) is 54.1 Å². The molecule has 2 rings (SSSR count). The molecule has 4 nitrogen and oxygen atoms in total. The summed E-state index contributed by atoms with van der Waals surface area (Å²) in [6.07, 6.45) is 0.916. The van der Waals surface area contributed by atoms with Gasteiger partial charge in [-0.3, -0.25) is 4.90 Å². The number of aliphatic hydroxyl groups excluding tert-OH is 1. The number of benzene rings is 2. The molecular weight excluding hydrogens is 338 g/mol. The summed E-state index contributed by atoms with van der Waals surface area (Å²) in [6, 6.07) is 16.6. The Balaban J connectivity index is 2.15. The van der Waals surface area contributed by atoms with Gasteiger partial charge in [-0.25, -0.2) is 0 Å². The molecule has 0 bridgehead atoms. The normalized spacial score (nSPS) is 12.7. The molecule has 2 aromatic carbocycles. The third-order valence-electron chi connectivity index (χ3n) is 4.95. The van der Waals surface area contributed by atoms with E-state index in [-0.39, 0.29) is 12.5 Å². The molecular formula is C23H33NO3. The zero-order valence-electron chi connectivity index (χ0n) is 16.8. The summed E-state index contributed by atoms with van der Waals surface area (Å²) in [7, 11) is 0.